The van der Waals surface area contributed by atoms with Gasteiger partial charge in [0.15, 0.2) is 0 Å². The smallest absolute Gasteiger partial charge is 0.407 e. The molecule has 0 aliphatic heterocycles. The maximum atomic E-state index is 12.7. The zero-order valence-electron chi connectivity index (χ0n) is 21.5. The molecule has 1 aliphatic rings. The van der Waals surface area contributed by atoms with Gasteiger partial charge in [0.2, 0.25) is 0 Å². The van der Waals surface area contributed by atoms with Gasteiger partial charge < -0.3 is 19.0 Å². The van der Waals surface area contributed by atoms with E-state index in [0.717, 1.165) is 34.1 Å². The minimum atomic E-state index is -3.64. The number of fused-ring (bicyclic) bond motifs is 3. The summed E-state index contributed by atoms with van der Waals surface area (Å²) in [6.07, 6.45) is 0.304. The quantitative estimate of drug-likeness (QED) is 0.296. The Labute approximate surface area is 223 Å². The van der Waals surface area contributed by atoms with E-state index in [2.05, 4.69) is 17.4 Å². The van der Waals surface area contributed by atoms with Gasteiger partial charge in [-0.2, -0.15) is 8.42 Å². The summed E-state index contributed by atoms with van der Waals surface area (Å²) < 4.78 is 38.5. The molecule has 0 saturated carbocycles. The van der Waals surface area contributed by atoms with Crippen molar-refractivity contribution in [2.24, 2.45) is 5.92 Å². The predicted octanol–water partition coefficient (Wildman–Crippen LogP) is 4.67. The third-order valence-corrected chi connectivity index (χ3v) is 6.67. The fourth-order valence-electron chi connectivity index (χ4n) is 4.56. The number of alkyl carbamates (subject to hydrolysis) is 1. The number of nitrogens with one attached hydrogen (secondary N) is 1. The van der Waals surface area contributed by atoms with Gasteiger partial charge in [0.1, 0.15) is 12.4 Å². The second-order valence-corrected chi connectivity index (χ2v) is 11.1. The Bertz CT molecular complexity index is 1350. The minimum Gasteiger partial charge on any atom is -0.463 e. The van der Waals surface area contributed by atoms with Crippen molar-refractivity contribution in [3.63, 3.8) is 0 Å². The number of hydrogen-bond acceptors (Lipinski definition) is 7. The highest BCUT2D eigenvalue weighted by Crippen LogP contribution is 2.44. The van der Waals surface area contributed by atoms with Crippen LogP contribution in [0.2, 0.25) is 0 Å². The van der Waals surface area contributed by atoms with E-state index in [4.69, 9.17) is 13.7 Å². The molecule has 1 amide bonds. The lowest BCUT2D eigenvalue weighted by molar-refractivity contribution is -0.152. The molecule has 0 fully saturated rings. The average Bonchev–Trinajstić information content (AvgIpc) is 3.18. The Balaban J connectivity index is 1.38. The van der Waals surface area contributed by atoms with Gasteiger partial charge in [0.05, 0.1) is 18.3 Å². The van der Waals surface area contributed by atoms with Crippen LogP contribution >= 0.6 is 0 Å². The molecule has 4 rings (SSSR count). The van der Waals surface area contributed by atoms with Gasteiger partial charge in [-0.25, -0.2) is 4.79 Å². The molecule has 0 saturated heterocycles. The van der Waals surface area contributed by atoms with Crippen LogP contribution in [-0.4, -0.2) is 46.0 Å². The van der Waals surface area contributed by atoms with Crippen molar-refractivity contribution in [2.45, 2.75) is 32.3 Å². The molecule has 38 heavy (non-hydrogen) atoms. The second kappa shape index (κ2) is 11.7. The molecule has 1 aliphatic carbocycles. The Morgan fingerprint density at radius 3 is 2.03 bits per heavy atom. The van der Waals surface area contributed by atoms with E-state index in [1.54, 1.807) is 26.0 Å². The summed E-state index contributed by atoms with van der Waals surface area (Å²) in [4.78, 5) is 25.4. The van der Waals surface area contributed by atoms with E-state index in [0.29, 0.717) is 0 Å². The van der Waals surface area contributed by atoms with Gasteiger partial charge in [-0.05, 0) is 60.2 Å². The third kappa shape index (κ3) is 6.92. The number of esters is 1. The van der Waals surface area contributed by atoms with Gasteiger partial charge in [0.25, 0.3) is 0 Å². The Morgan fingerprint density at radius 2 is 1.47 bits per heavy atom. The molecule has 1 N–H and O–H groups in total. The average molecular weight is 538 g/mol. The second-order valence-electron chi connectivity index (χ2n) is 9.52. The predicted molar refractivity (Wildman–Crippen MR) is 143 cm³/mol. The van der Waals surface area contributed by atoms with Gasteiger partial charge in [-0.1, -0.05) is 60.7 Å². The van der Waals surface area contributed by atoms with Crippen LogP contribution in [-0.2, 0) is 30.8 Å². The summed E-state index contributed by atoms with van der Waals surface area (Å²) in [6.45, 7) is 3.70. The van der Waals surface area contributed by atoms with Crippen molar-refractivity contribution >= 4 is 22.2 Å². The highest BCUT2D eigenvalue weighted by atomic mass is 32.2. The number of carbonyl (C=O) groups is 2. The molecule has 3 aromatic carbocycles. The lowest BCUT2D eigenvalue weighted by atomic mass is 9.98. The van der Waals surface area contributed by atoms with Crippen molar-refractivity contribution in [3.8, 4) is 16.9 Å². The first-order valence-corrected chi connectivity index (χ1v) is 14.2. The zero-order valence-corrected chi connectivity index (χ0v) is 22.4. The summed E-state index contributed by atoms with van der Waals surface area (Å²) in [7, 11) is -3.64. The lowest BCUT2D eigenvalue weighted by Gasteiger charge is -2.19. The van der Waals surface area contributed by atoms with Gasteiger partial charge >= 0.3 is 22.2 Å². The van der Waals surface area contributed by atoms with Crippen LogP contribution in [0.3, 0.4) is 0 Å². The number of benzene rings is 3. The Morgan fingerprint density at radius 1 is 0.895 bits per heavy atom. The van der Waals surface area contributed by atoms with Gasteiger partial charge in [-0.15, -0.1) is 0 Å². The van der Waals surface area contributed by atoms with Gasteiger partial charge in [-0.3, -0.25) is 4.79 Å². The molecular formula is C29H31NO7S. The molecule has 8 nitrogen and oxygen atoms in total. The highest BCUT2D eigenvalue weighted by Gasteiger charge is 2.29. The fourth-order valence-corrected chi connectivity index (χ4v) is 5.02. The molecule has 0 bridgehead atoms. The normalized spacial score (nSPS) is 13.4. The molecule has 3 aromatic rings. The summed E-state index contributed by atoms with van der Waals surface area (Å²) in [5.74, 6) is -1.01. The number of hydrogen-bond donors (Lipinski definition) is 1. The molecule has 0 radical (unpaired) electrons. The van der Waals surface area contributed by atoms with E-state index in [9.17, 15) is 18.0 Å². The zero-order chi connectivity index (χ0) is 27.3. The van der Waals surface area contributed by atoms with E-state index in [1.165, 1.54) is 12.1 Å². The summed E-state index contributed by atoms with van der Waals surface area (Å²) in [6, 6.07) is 22.5. The van der Waals surface area contributed by atoms with Crippen molar-refractivity contribution in [3.05, 3.63) is 89.5 Å². The van der Waals surface area contributed by atoms with Crippen LogP contribution in [0.1, 0.15) is 36.5 Å². The van der Waals surface area contributed by atoms with Crippen molar-refractivity contribution in [2.75, 3.05) is 19.4 Å². The topological polar surface area (TPSA) is 108 Å². The summed E-state index contributed by atoms with van der Waals surface area (Å²) >= 11 is 0. The molecule has 200 valence electrons. The number of carbonyl (C=O) groups excluding carboxylic acids is 2. The molecule has 1 unspecified atom stereocenters. The molecule has 0 spiro atoms. The standard InChI is InChI=1S/C29H31NO7S/c1-19(2)36-28(31)21(16-20-12-14-22(15-13-20)37-38(3,33)34)17-30-29(32)35-18-27-25-10-6-4-8-23(25)24-9-5-7-11-26(24)27/h4-15,19,21,27H,16-18H2,1-3H3,(H,30,32). The lowest BCUT2D eigenvalue weighted by Crippen LogP contribution is -2.36. The van der Waals surface area contributed by atoms with Crippen LogP contribution < -0.4 is 9.50 Å². The molecular weight excluding hydrogens is 506 g/mol. The minimum absolute atomic E-state index is 0.0177. The SMILES string of the molecule is CC(C)OC(=O)C(CNC(=O)OCC1c2ccccc2-c2ccccc21)Cc1ccc(OS(C)(=O)=O)cc1. The van der Waals surface area contributed by atoms with Crippen LogP contribution in [0.25, 0.3) is 11.1 Å². The summed E-state index contributed by atoms with van der Waals surface area (Å²) in [5.41, 5.74) is 5.26. The first-order valence-electron chi connectivity index (χ1n) is 12.4. The number of rotatable bonds is 10. The molecule has 0 heterocycles. The van der Waals surface area contributed by atoms with Gasteiger partial charge in [0, 0.05) is 12.5 Å². The van der Waals surface area contributed by atoms with Crippen molar-refractivity contribution in [1.82, 2.24) is 5.32 Å². The van der Waals surface area contributed by atoms with E-state index in [-0.39, 0.29) is 37.3 Å². The first-order chi connectivity index (χ1) is 18.1. The van der Waals surface area contributed by atoms with Crippen LogP contribution in [0, 0.1) is 5.92 Å². The number of amides is 1. The monoisotopic (exact) mass is 537 g/mol. The van der Waals surface area contributed by atoms with Crippen molar-refractivity contribution < 1.29 is 31.7 Å². The van der Waals surface area contributed by atoms with E-state index < -0.39 is 28.1 Å². The van der Waals surface area contributed by atoms with Crippen molar-refractivity contribution in [1.29, 1.82) is 0 Å². The summed E-state index contributed by atoms with van der Waals surface area (Å²) in [5, 5.41) is 2.71. The largest absolute Gasteiger partial charge is 0.463 e. The Hall–Kier alpha value is -3.85. The van der Waals surface area contributed by atoms with Crippen LogP contribution in [0.15, 0.2) is 72.8 Å². The van der Waals surface area contributed by atoms with E-state index in [1.807, 2.05) is 36.4 Å². The molecule has 0 aromatic heterocycles. The molecule has 1 atom stereocenters. The highest BCUT2D eigenvalue weighted by molar-refractivity contribution is 7.86. The van der Waals surface area contributed by atoms with Crippen LogP contribution in [0.5, 0.6) is 5.75 Å². The fraction of sp³-hybridized carbons (Fsp3) is 0.310. The maximum absolute atomic E-state index is 12.7. The molecule has 9 heteroatoms. The van der Waals surface area contributed by atoms with E-state index >= 15 is 0 Å². The van der Waals surface area contributed by atoms with Crippen LogP contribution in [0.4, 0.5) is 4.79 Å². The number of ether oxygens (including phenoxy) is 2. The Kier molecular flexibility index (Phi) is 8.36. The third-order valence-electron chi connectivity index (χ3n) is 6.17. The maximum Gasteiger partial charge on any atom is 0.407 e. The first kappa shape index (κ1) is 27.2.